The van der Waals surface area contributed by atoms with Crippen molar-refractivity contribution < 1.29 is 28.6 Å². The van der Waals surface area contributed by atoms with E-state index in [0.717, 1.165) is 148 Å². The predicted octanol–water partition coefficient (Wildman–Crippen LogP) is 21.3. The summed E-state index contributed by atoms with van der Waals surface area (Å²) in [6, 6.07) is 0. The molecule has 6 heteroatoms. The lowest BCUT2D eigenvalue weighted by atomic mass is 10.0. The van der Waals surface area contributed by atoms with Gasteiger partial charge in [-0.1, -0.05) is 256 Å². The number of allylic oxidation sites excluding steroid dienone is 26. The maximum atomic E-state index is 12.9. The Kier molecular flexibility index (Phi) is 59.5. The molecule has 1 atom stereocenters. The van der Waals surface area contributed by atoms with E-state index in [4.69, 9.17) is 14.2 Å². The molecule has 0 heterocycles. The zero-order valence-electron chi connectivity index (χ0n) is 49.4. The monoisotopic (exact) mass is 1060 g/mol. The van der Waals surface area contributed by atoms with Gasteiger partial charge in [-0.05, 0) is 135 Å². The second kappa shape index (κ2) is 63.6. The molecule has 432 valence electrons. The Labute approximate surface area is 473 Å². The highest BCUT2D eigenvalue weighted by Gasteiger charge is 2.19. The molecule has 77 heavy (non-hydrogen) atoms. The maximum absolute atomic E-state index is 12.9. The molecule has 0 aromatic carbocycles. The van der Waals surface area contributed by atoms with Gasteiger partial charge in [0.25, 0.3) is 0 Å². The minimum atomic E-state index is -0.825. The Hall–Kier alpha value is -4.97. The van der Waals surface area contributed by atoms with Crippen molar-refractivity contribution in [3.63, 3.8) is 0 Å². The van der Waals surface area contributed by atoms with Gasteiger partial charge >= 0.3 is 17.9 Å². The molecule has 0 aromatic rings. The van der Waals surface area contributed by atoms with E-state index in [9.17, 15) is 14.4 Å². The summed E-state index contributed by atoms with van der Waals surface area (Å²) >= 11 is 0. The van der Waals surface area contributed by atoms with E-state index in [1.165, 1.54) is 57.8 Å². The van der Waals surface area contributed by atoms with Crippen LogP contribution >= 0.6 is 0 Å². The summed E-state index contributed by atoms with van der Waals surface area (Å²) in [7, 11) is 0. The van der Waals surface area contributed by atoms with Gasteiger partial charge in [-0.3, -0.25) is 14.4 Å². The minimum Gasteiger partial charge on any atom is -0.462 e. The van der Waals surface area contributed by atoms with E-state index in [0.29, 0.717) is 19.3 Å². The van der Waals surface area contributed by atoms with Gasteiger partial charge in [-0.15, -0.1) is 0 Å². The summed E-state index contributed by atoms with van der Waals surface area (Å²) in [5, 5.41) is 0. The van der Waals surface area contributed by atoms with Crippen LogP contribution in [0.2, 0.25) is 0 Å². The van der Waals surface area contributed by atoms with Crippen LogP contribution in [0.1, 0.15) is 252 Å². The Morgan fingerprint density at radius 1 is 0.260 bits per heavy atom. The minimum absolute atomic E-state index is 0.114. The molecule has 0 rings (SSSR count). The molecule has 0 aliphatic carbocycles. The zero-order chi connectivity index (χ0) is 55.7. The summed E-state index contributed by atoms with van der Waals surface area (Å²) in [5.74, 6) is -0.997. The van der Waals surface area contributed by atoms with Crippen molar-refractivity contribution in [2.24, 2.45) is 0 Å². The van der Waals surface area contributed by atoms with E-state index in [-0.39, 0.29) is 37.5 Å². The van der Waals surface area contributed by atoms with Crippen molar-refractivity contribution >= 4 is 17.9 Å². The van der Waals surface area contributed by atoms with Gasteiger partial charge in [0.2, 0.25) is 0 Å². The molecule has 0 N–H and O–H groups in total. The number of hydrogen-bond donors (Lipinski definition) is 0. The number of unbranched alkanes of at least 4 members (excludes halogenated alkanes) is 17. The average Bonchev–Trinajstić information content (AvgIpc) is 3.43. The average molecular weight is 1060 g/mol. The molecule has 0 aliphatic rings. The lowest BCUT2D eigenvalue weighted by Gasteiger charge is -2.18. The third-order valence-corrected chi connectivity index (χ3v) is 12.5. The first kappa shape index (κ1) is 72.0. The topological polar surface area (TPSA) is 78.9 Å². The third kappa shape index (κ3) is 61.8. The highest BCUT2D eigenvalue weighted by molar-refractivity contribution is 5.71. The summed E-state index contributed by atoms with van der Waals surface area (Å²) < 4.78 is 16.8. The fourth-order valence-electron chi connectivity index (χ4n) is 7.99. The molecule has 0 fully saturated rings. The van der Waals surface area contributed by atoms with Gasteiger partial charge in [0.15, 0.2) is 6.10 Å². The van der Waals surface area contributed by atoms with Gasteiger partial charge in [0, 0.05) is 19.3 Å². The Morgan fingerprint density at radius 2 is 0.481 bits per heavy atom. The highest BCUT2D eigenvalue weighted by Crippen LogP contribution is 2.14. The first-order valence-electron chi connectivity index (χ1n) is 31.0. The van der Waals surface area contributed by atoms with Crippen LogP contribution in [0.5, 0.6) is 0 Å². The first-order valence-corrected chi connectivity index (χ1v) is 31.0. The van der Waals surface area contributed by atoms with Crippen molar-refractivity contribution in [2.75, 3.05) is 13.2 Å². The van der Waals surface area contributed by atoms with Crippen molar-refractivity contribution in [1.29, 1.82) is 0 Å². The van der Waals surface area contributed by atoms with Crippen LogP contribution in [0, 0.1) is 0 Å². The molecule has 1 unspecified atom stereocenters. The fraction of sp³-hybridized carbons (Fsp3) is 0.592. The first-order chi connectivity index (χ1) is 38.0. The number of carbonyl (C=O) groups excluding carboxylic acids is 3. The molecule has 0 spiro atoms. The van der Waals surface area contributed by atoms with Crippen LogP contribution in [-0.2, 0) is 28.6 Å². The zero-order valence-corrected chi connectivity index (χ0v) is 49.4. The van der Waals surface area contributed by atoms with E-state index in [1.54, 1.807) is 0 Å². The predicted molar refractivity (Wildman–Crippen MR) is 334 cm³/mol. The Bertz CT molecular complexity index is 1740. The van der Waals surface area contributed by atoms with Crippen LogP contribution in [-0.4, -0.2) is 37.2 Å². The van der Waals surface area contributed by atoms with Crippen molar-refractivity contribution in [1.82, 2.24) is 0 Å². The summed E-state index contributed by atoms with van der Waals surface area (Å²) in [4.78, 5) is 38.3. The molecule has 0 saturated carbocycles. The fourth-order valence-corrected chi connectivity index (χ4v) is 7.99. The molecule has 0 aliphatic heterocycles. The Balaban J connectivity index is 4.42. The van der Waals surface area contributed by atoms with Crippen molar-refractivity contribution in [2.45, 2.75) is 258 Å². The van der Waals surface area contributed by atoms with E-state index < -0.39 is 6.10 Å². The maximum Gasteiger partial charge on any atom is 0.306 e. The van der Waals surface area contributed by atoms with Gasteiger partial charge in [0.1, 0.15) is 13.2 Å². The van der Waals surface area contributed by atoms with Gasteiger partial charge in [-0.25, -0.2) is 0 Å². The number of carbonyl (C=O) groups is 3. The molecule has 0 saturated heterocycles. The summed E-state index contributed by atoms with van der Waals surface area (Å²) in [5.41, 5.74) is 0. The second-order valence-corrected chi connectivity index (χ2v) is 19.8. The van der Waals surface area contributed by atoms with Crippen LogP contribution < -0.4 is 0 Å². The normalized spacial score (nSPS) is 13.2. The lowest BCUT2D eigenvalue weighted by Crippen LogP contribution is -2.30. The largest absolute Gasteiger partial charge is 0.462 e. The van der Waals surface area contributed by atoms with Gasteiger partial charge < -0.3 is 14.2 Å². The molecular weight excluding hydrogens is 949 g/mol. The van der Waals surface area contributed by atoms with Crippen LogP contribution in [0.25, 0.3) is 0 Å². The van der Waals surface area contributed by atoms with E-state index >= 15 is 0 Å². The van der Waals surface area contributed by atoms with E-state index in [2.05, 4.69) is 179 Å². The lowest BCUT2D eigenvalue weighted by molar-refractivity contribution is -0.167. The number of ether oxygens (including phenoxy) is 3. The van der Waals surface area contributed by atoms with Crippen LogP contribution in [0.3, 0.4) is 0 Å². The van der Waals surface area contributed by atoms with Crippen molar-refractivity contribution in [3.8, 4) is 0 Å². The second-order valence-electron chi connectivity index (χ2n) is 19.8. The summed E-state index contributed by atoms with van der Waals surface area (Å²) in [6.07, 6.45) is 92.5. The number of esters is 3. The van der Waals surface area contributed by atoms with Gasteiger partial charge in [0.05, 0.1) is 0 Å². The molecule has 0 radical (unpaired) electrons. The molecule has 0 bridgehead atoms. The molecular formula is C71H112O6. The van der Waals surface area contributed by atoms with Crippen LogP contribution in [0.15, 0.2) is 158 Å². The smallest absolute Gasteiger partial charge is 0.306 e. The number of rotatable bonds is 54. The Morgan fingerprint density at radius 3 is 0.766 bits per heavy atom. The molecule has 0 aromatic heterocycles. The number of hydrogen-bond acceptors (Lipinski definition) is 6. The van der Waals surface area contributed by atoms with Gasteiger partial charge in [-0.2, -0.15) is 0 Å². The van der Waals surface area contributed by atoms with E-state index in [1.807, 2.05) is 0 Å². The van der Waals surface area contributed by atoms with Crippen LogP contribution in [0.4, 0.5) is 0 Å². The molecule has 6 nitrogen and oxygen atoms in total. The third-order valence-electron chi connectivity index (χ3n) is 12.5. The van der Waals surface area contributed by atoms with Crippen molar-refractivity contribution in [3.05, 3.63) is 158 Å². The summed E-state index contributed by atoms with van der Waals surface area (Å²) in [6.45, 7) is 6.23. The SMILES string of the molecule is CC/C=C\C/C=C\C/C=C\C/C=C\C/C=C\CCCCCCCCCCCCCC(=O)OCC(COC(=O)CCCCCCC/C=C\C/C=C\C/C=C\CC)OC(=O)CCC/C=C\C/C=C\C/C=C\C/C=C\C/C=C\CC. The molecule has 0 amide bonds. The quantitative estimate of drug-likeness (QED) is 0.0261. The highest BCUT2D eigenvalue weighted by atomic mass is 16.6. The standard InChI is InChI=1S/C71H112O6/c1-4-7-10-13-16-19-22-25-28-30-31-32-33-34-35-36-37-38-39-41-43-46-49-52-55-58-61-64-70(73)76-67-68(66-75-69(72)63-60-57-54-51-48-45-42-27-24-21-18-15-12-9-6-3)77-71(74)65-62-59-56-53-50-47-44-40-29-26-23-20-17-14-11-8-5-2/h7-12,16-21,25-29,31-32,34-35,42,44,47,53,56,68H,4-6,13-15,22-24,30,33,36-41,43,45-46,48-52,54-55,57-67H2,1-3H3/b10-7-,11-8-,12-9-,19-16-,20-17-,21-18-,28-25-,29-26-,32-31-,35-34-,42-27-,47-44-,56-53-.